The van der Waals surface area contributed by atoms with Gasteiger partial charge >= 0.3 is 0 Å². The van der Waals surface area contributed by atoms with Crippen LogP contribution in [0.4, 0.5) is 8.92 Å². The van der Waals surface area contributed by atoms with E-state index in [2.05, 4.69) is 150 Å². The highest BCUT2D eigenvalue weighted by Gasteiger charge is 2.28. The predicted molar refractivity (Wildman–Crippen MR) is 275 cm³/mol. The first kappa shape index (κ1) is 56.7. The lowest BCUT2D eigenvalue weighted by Gasteiger charge is -2.32. The molecule has 0 fully saturated rings. The van der Waals surface area contributed by atoms with Crippen molar-refractivity contribution >= 4 is 25.3 Å². The van der Waals surface area contributed by atoms with E-state index < -0.39 is 0 Å². The van der Waals surface area contributed by atoms with Crippen LogP contribution in [0.3, 0.4) is 0 Å². The van der Waals surface area contributed by atoms with Gasteiger partial charge in [0.05, 0.1) is 7.11 Å². The van der Waals surface area contributed by atoms with Crippen molar-refractivity contribution in [3.8, 4) is 148 Å². The number of ether oxygens (including phenoxy) is 1. The lowest BCUT2D eigenvalue weighted by Crippen LogP contribution is -2.28. The molecule has 0 saturated heterocycles. The Morgan fingerprint density at radius 3 is 1.56 bits per heavy atom. The highest BCUT2D eigenvalue weighted by atomic mass is 32.2. The Bertz CT molecular complexity index is 2400. The van der Waals surface area contributed by atoms with Crippen LogP contribution in [-0.4, -0.2) is 29.8 Å². The van der Waals surface area contributed by atoms with E-state index >= 15 is 0 Å². The molecule has 0 heterocycles. The minimum Gasteiger partial charge on any atom is -0.497 e. The van der Waals surface area contributed by atoms with E-state index in [0.29, 0.717) is 6.42 Å². The summed E-state index contributed by atoms with van der Waals surface area (Å²) < 4.78 is 28.7. The third-order valence-corrected chi connectivity index (χ3v) is 8.46. The first-order valence-electron chi connectivity index (χ1n) is 17.3. The van der Waals surface area contributed by atoms with Crippen molar-refractivity contribution in [3.63, 3.8) is 0 Å². The molecule has 0 bridgehead atoms. The van der Waals surface area contributed by atoms with E-state index in [-0.39, 0.29) is 60.2 Å². The number of methoxy groups -OCH3 is 1. The van der Waals surface area contributed by atoms with Gasteiger partial charge in [0.25, 0.3) is 0 Å². The van der Waals surface area contributed by atoms with Gasteiger partial charge in [-0.2, -0.15) is 13.5 Å². The average molecular weight is 855 g/mol. The van der Waals surface area contributed by atoms with Crippen LogP contribution in [-0.2, 0) is 11.5 Å². The minimum atomic E-state index is -0.211. The summed E-state index contributed by atoms with van der Waals surface area (Å²) in [4.78, 5) is 1.10. The van der Waals surface area contributed by atoms with E-state index in [1.165, 1.54) is 6.07 Å². The van der Waals surface area contributed by atoms with E-state index in [0.717, 1.165) is 66.0 Å². The van der Waals surface area contributed by atoms with Crippen molar-refractivity contribution < 1.29 is 50.5 Å². The number of benzene rings is 2. The normalized spacial score (nSPS) is 7.64. The maximum absolute atomic E-state index is 14.0. The zero-order chi connectivity index (χ0) is 42.1. The monoisotopic (exact) mass is 855 g/mol. The largest absolute Gasteiger partial charge is 0.497 e. The van der Waals surface area contributed by atoms with Crippen molar-refractivity contribution in [2.24, 2.45) is 5.41 Å². The molecule has 0 unspecified atom stereocenters. The molecule has 0 aliphatic rings. The molecule has 0 radical (unpaired) electrons. The molecule has 8 heteroatoms. The molecule has 0 atom stereocenters. The van der Waals surface area contributed by atoms with E-state index in [4.69, 9.17) is 16.4 Å². The molecule has 0 aliphatic heterocycles. The number of aliphatic hydroxyl groups is 1. The van der Waals surface area contributed by atoms with Crippen LogP contribution in [0.2, 0.25) is 0 Å². The molecule has 2 aromatic rings. The SMILES string of the molecule is C.C#CC#CC#CC#CC#CC#CC#CC#CC#CC#CC#CC#CC.CCCCC(CO)(CCCC)CSc1ccc(F)cc1Cc1cccc(OC)c1.OOF.S.[HH].[HH].[HH].[HH].[HH].[HH].[HH].[HH].[HH].[HH].[HH].[HH].[HH].[HH].[HH]. The number of halogens is 2. The van der Waals surface area contributed by atoms with Crippen LogP contribution in [0.15, 0.2) is 47.4 Å². The molecule has 4 nitrogen and oxygen atoms in total. The van der Waals surface area contributed by atoms with Gasteiger partial charge in [-0.3, -0.25) is 0 Å². The summed E-state index contributed by atoms with van der Waals surface area (Å²) in [5.41, 5.74) is 2.03. The van der Waals surface area contributed by atoms with Gasteiger partial charge in [0, 0.05) is 79.6 Å². The smallest absolute Gasteiger partial charge is 0.123 e. The predicted octanol–water partition coefficient (Wildman–Crippen LogP) is 12.4. The Labute approximate surface area is 385 Å². The fourth-order valence-corrected chi connectivity index (χ4v) is 5.65. The maximum Gasteiger partial charge on any atom is 0.123 e. The molecule has 0 spiro atoms. The standard InChI is InChI=1S/C25H35FO2S.C25H4.CH4.FHO2.H2S.15H2/c1-4-6-13-25(18-27,14-7-5-2)19-29-24-12-11-22(26)17-21(24)15-20-9-8-10-23(16-20)28-3;1-3-5-7-9-11-13-15-17-19-21-23-25-24-22-20-18-16-14-12-10-8-6-4-2;;1-3-2;;;;;;;;;;;;;;;;/h8-12,16-17,27H,4-7,13-15,18-19H2,1-3H3;1H,2H3;1H4;2H;1H2;15*1H. The van der Waals surface area contributed by atoms with Crippen molar-refractivity contribution in [1.29, 1.82) is 0 Å². The first-order chi connectivity index (χ1) is 27.9. The van der Waals surface area contributed by atoms with Crippen LogP contribution in [0.5, 0.6) is 5.75 Å². The summed E-state index contributed by atoms with van der Waals surface area (Å²) in [6.07, 6.45) is 12.2. The molecule has 2 N–H and O–H groups in total. The number of aliphatic hydroxyl groups excluding tert-OH is 1. The fraction of sp³-hybridized carbons (Fsp3) is 0.294. The number of rotatable bonds is 13. The van der Waals surface area contributed by atoms with Gasteiger partial charge in [-0.05, 0) is 172 Å². The number of unbranched alkanes of at least 4 members (excludes halogenated alkanes) is 2. The van der Waals surface area contributed by atoms with Crippen molar-refractivity contribution in [2.75, 3.05) is 19.5 Å². The summed E-state index contributed by atoms with van der Waals surface area (Å²) in [6, 6.07) is 13.0. The number of hydrogen-bond donors (Lipinski definition) is 2. The Morgan fingerprint density at radius 2 is 1.17 bits per heavy atom. The summed E-state index contributed by atoms with van der Waals surface area (Å²) in [5, 5.41) is 18.4. The minimum absolute atomic E-state index is 0. The van der Waals surface area contributed by atoms with Gasteiger partial charge in [0.1, 0.15) is 11.6 Å². The number of hydrogen-bond acceptors (Lipinski definition) is 5. The van der Waals surface area contributed by atoms with Crippen LogP contribution in [0.25, 0.3) is 0 Å². The molecule has 2 aromatic carbocycles. The molecule has 330 valence electrons. The number of thioether (sulfide) groups is 1. The van der Waals surface area contributed by atoms with Crippen molar-refractivity contribution in [1.82, 2.24) is 0 Å². The Kier molecular flexibility index (Phi) is 39.5. The fourth-order valence-electron chi connectivity index (χ4n) is 4.33. The molecule has 0 aromatic heterocycles. The van der Waals surface area contributed by atoms with Gasteiger partial charge in [0.15, 0.2) is 0 Å². The maximum atomic E-state index is 14.0. The zero-order valence-corrected chi connectivity index (χ0v) is 34.7. The van der Waals surface area contributed by atoms with Crippen molar-refractivity contribution in [3.05, 3.63) is 59.4 Å². The first-order valence-corrected chi connectivity index (χ1v) is 18.3. The zero-order valence-electron chi connectivity index (χ0n) is 32.9. The molecular weight excluding hydrogens is 779 g/mol. The van der Waals surface area contributed by atoms with E-state index in [1.54, 1.807) is 37.0 Å². The third-order valence-electron chi connectivity index (χ3n) is 6.99. The molecule has 0 amide bonds. The van der Waals surface area contributed by atoms with Crippen molar-refractivity contribution in [2.45, 2.75) is 78.0 Å². The van der Waals surface area contributed by atoms with Gasteiger partial charge in [-0.25, -0.2) is 9.65 Å². The van der Waals surface area contributed by atoms with Crippen LogP contribution in [0, 0.1) is 154 Å². The van der Waals surface area contributed by atoms with Crippen LogP contribution >= 0.6 is 25.3 Å². The molecule has 2 rings (SSSR count). The van der Waals surface area contributed by atoms with E-state index in [1.807, 2.05) is 30.3 Å². The second-order valence-corrected chi connectivity index (χ2v) is 12.0. The van der Waals surface area contributed by atoms with Crippen LogP contribution in [0.1, 0.15) is 99.2 Å². The lowest BCUT2D eigenvalue weighted by molar-refractivity contribution is -0.397. The summed E-state index contributed by atoms with van der Waals surface area (Å²) >= 11 is 1.76. The molecular formula is C51H76F2O4S2. The van der Waals surface area contributed by atoms with Gasteiger partial charge in [0.2, 0.25) is 0 Å². The molecule has 59 heavy (non-hydrogen) atoms. The lowest BCUT2D eigenvalue weighted by atomic mass is 9.81. The summed E-state index contributed by atoms with van der Waals surface area (Å²) in [5.74, 6) is 58.4. The topological polar surface area (TPSA) is 58.9 Å². The highest BCUT2D eigenvalue weighted by Crippen LogP contribution is 2.38. The second kappa shape index (κ2) is 41.0. The Hall–Kier alpha value is -6.60. The second-order valence-electron chi connectivity index (χ2n) is 11.0. The quantitative estimate of drug-likeness (QED) is 0.0910. The Balaban J connectivity index is -0.0000000415. The Morgan fingerprint density at radius 1 is 0.729 bits per heavy atom. The molecule has 0 saturated carbocycles. The highest BCUT2D eigenvalue weighted by molar-refractivity contribution is 7.99. The van der Waals surface area contributed by atoms with Crippen LogP contribution < -0.4 is 4.74 Å². The summed E-state index contributed by atoms with van der Waals surface area (Å²) in [7, 11) is 1.66. The summed E-state index contributed by atoms with van der Waals surface area (Å²) in [6.45, 7) is 6.30. The van der Waals surface area contributed by atoms with Gasteiger partial charge in [-0.15, -0.1) is 18.2 Å². The average Bonchev–Trinajstić information content (AvgIpc) is 3.22. The van der Waals surface area contributed by atoms with E-state index in [9.17, 15) is 14.0 Å². The van der Waals surface area contributed by atoms with Gasteiger partial charge < -0.3 is 9.84 Å². The third kappa shape index (κ3) is 31.2. The number of terminal acetylenes is 1. The van der Waals surface area contributed by atoms with Gasteiger partial charge in [-0.1, -0.05) is 65.0 Å². The molecule has 0 aliphatic carbocycles.